The number of anilines is 3. The van der Waals surface area contributed by atoms with Crippen molar-refractivity contribution in [3.63, 3.8) is 0 Å². The van der Waals surface area contributed by atoms with Crippen LogP contribution in [0.25, 0.3) is 0 Å². The van der Waals surface area contributed by atoms with Crippen molar-refractivity contribution in [2.45, 2.75) is 76.5 Å². The Kier molecular flexibility index (Phi) is 9.01. The van der Waals surface area contributed by atoms with E-state index < -0.39 is 0 Å². The van der Waals surface area contributed by atoms with Crippen LogP contribution in [0.3, 0.4) is 0 Å². The molecule has 4 rings (SSSR count). The van der Waals surface area contributed by atoms with Gasteiger partial charge in [-0.2, -0.15) is 5.26 Å². The van der Waals surface area contributed by atoms with Crippen LogP contribution in [-0.2, 0) is 0 Å². The van der Waals surface area contributed by atoms with Crippen LogP contribution in [0.1, 0.15) is 59.7 Å². The molecular formula is C28H40N6O2. The number of pyridine rings is 1. The third-order valence-corrected chi connectivity index (χ3v) is 7.42. The number of benzene rings is 1. The highest BCUT2D eigenvalue weighted by molar-refractivity contribution is 5.99. The topological polar surface area (TPSA) is 93.5 Å². The molecular weight excluding hydrogens is 452 g/mol. The predicted molar refractivity (Wildman–Crippen MR) is 146 cm³/mol. The van der Waals surface area contributed by atoms with Gasteiger partial charge < -0.3 is 20.3 Å². The van der Waals surface area contributed by atoms with Gasteiger partial charge in [0.15, 0.2) is 0 Å². The third kappa shape index (κ3) is 7.11. The van der Waals surface area contributed by atoms with Crippen LogP contribution < -0.4 is 20.3 Å². The lowest BCUT2D eigenvalue weighted by atomic mass is 10.1. The van der Waals surface area contributed by atoms with Gasteiger partial charge in [0.1, 0.15) is 6.10 Å². The molecule has 1 aliphatic carbocycles. The molecule has 1 saturated heterocycles. The molecule has 1 saturated carbocycles. The van der Waals surface area contributed by atoms with E-state index in [1.807, 2.05) is 18.2 Å². The number of nitrogens with one attached hydrogen (secondary N) is 2. The first kappa shape index (κ1) is 25.8. The quantitative estimate of drug-likeness (QED) is 0.402. The summed E-state index contributed by atoms with van der Waals surface area (Å²) in [7, 11) is 2.20. The molecule has 0 spiro atoms. The van der Waals surface area contributed by atoms with Crippen molar-refractivity contribution in [1.29, 1.82) is 5.26 Å². The summed E-state index contributed by atoms with van der Waals surface area (Å²) in [5.74, 6) is 0.604. The lowest BCUT2D eigenvalue weighted by molar-refractivity contribution is 0.186. The summed E-state index contributed by atoms with van der Waals surface area (Å²) in [5.41, 5.74) is 2.53. The Balaban J connectivity index is 0.00000380. The number of likely N-dealkylation sites (N-methyl/N-ethyl adjacent to an activating group) is 1. The van der Waals surface area contributed by atoms with Crippen LogP contribution in [0, 0.1) is 11.3 Å². The molecule has 2 amide bonds. The second kappa shape index (κ2) is 12.6. The number of ether oxygens (including phenoxy) is 1. The lowest BCUT2D eigenvalue weighted by Crippen LogP contribution is -2.40. The van der Waals surface area contributed by atoms with Crippen molar-refractivity contribution in [3.05, 3.63) is 42.6 Å². The van der Waals surface area contributed by atoms with Gasteiger partial charge in [-0.25, -0.2) is 9.78 Å². The summed E-state index contributed by atoms with van der Waals surface area (Å²) in [6.45, 7) is 4.25. The molecule has 2 unspecified atom stereocenters. The maximum atomic E-state index is 12.4. The Bertz CT molecular complexity index is 1020. The molecule has 1 aromatic heterocycles. The summed E-state index contributed by atoms with van der Waals surface area (Å²) in [5, 5.41) is 14.5. The van der Waals surface area contributed by atoms with Gasteiger partial charge in [-0.05, 0) is 89.2 Å². The van der Waals surface area contributed by atoms with Gasteiger partial charge in [0, 0.05) is 50.5 Å². The van der Waals surface area contributed by atoms with Gasteiger partial charge >= 0.3 is 6.03 Å². The van der Waals surface area contributed by atoms with Crippen LogP contribution in [0.5, 0.6) is 5.88 Å². The maximum absolute atomic E-state index is 12.4. The van der Waals surface area contributed by atoms with Crippen LogP contribution in [-0.4, -0.2) is 54.2 Å². The van der Waals surface area contributed by atoms with E-state index in [1.54, 1.807) is 12.3 Å². The molecule has 36 heavy (non-hydrogen) atoms. The number of nitriles is 1. The van der Waals surface area contributed by atoms with Crippen LogP contribution in [0.2, 0.25) is 0 Å². The number of carbonyl (C=O) groups is 1. The monoisotopic (exact) mass is 492 g/mol. The molecule has 0 bridgehead atoms. The molecule has 2 fully saturated rings. The Morgan fingerprint density at radius 1 is 1.19 bits per heavy atom. The van der Waals surface area contributed by atoms with E-state index in [2.05, 4.69) is 57.6 Å². The van der Waals surface area contributed by atoms with Crippen molar-refractivity contribution >= 4 is 23.1 Å². The number of unbranched alkanes of at least 4 members (excludes halogenated alkanes) is 1. The van der Waals surface area contributed by atoms with Crippen LogP contribution in [0.15, 0.2) is 42.6 Å². The molecule has 8 nitrogen and oxygen atoms in total. The van der Waals surface area contributed by atoms with Crippen molar-refractivity contribution in [2.24, 2.45) is 0 Å². The van der Waals surface area contributed by atoms with Gasteiger partial charge in [-0.3, -0.25) is 4.90 Å². The van der Waals surface area contributed by atoms with E-state index in [4.69, 9.17) is 10.00 Å². The average molecular weight is 493 g/mol. The maximum Gasteiger partial charge on any atom is 0.323 e. The number of hydrogen-bond donors (Lipinski definition) is 2. The Morgan fingerprint density at radius 2 is 1.92 bits per heavy atom. The largest absolute Gasteiger partial charge is 0.474 e. The number of aromatic nitrogens is 1. The number of hydrogen-bond acceptors (Lipinski definition) is 6. The van der Waals surface area contributed by atoms with Crippen LogP contribution >= 0.6 is 0 Å². The molecule has 2 heterocycles. The standard InChI is InChI=1S/C28H38N6O2.H2/c1-21(7-5-6-17-29)33(2)25-16-18-34(20-25)24-13-10-22(11-14-24)31-28(35)32-23-12-15-27(30-19-23)36-26-8-3-4-9-26;/h10-15,19,21,25-26H,3-9,16,18,20H2,1-2H3,(H2,31,32,35);1H. The Labute approximate surface area is 216 Å². The van der Waals surface area contributed by atoms with E-state index >= 15 is 0 Å². The van der Waals surface area contributed by atoms with E-state index in [-0.39, 0.29) is 13.6 Å². The lowest BCUT2D eigenvalue weighted by Gasteiger charge is -2.31. The first-order valence-electron chi connectivity index (χ1n) is 13.2. The highest BCUT2D eigenvalue weighted by atomic mass is 16.5. The zero-order valence-corrected chi connectivity index (χ0v) is 21.4. The van der Waals surface area contributed by atoms with E-state index in [1.165, 1.54) is 12.8 Å². The molecule has 0 radical (unpaired) electrons. The SMILES string of the molecule is CC(CCCC#N)N(C)C1CCN(c2ccc(NC(=O)Nc3ccc(OC4CCCC4)nc3)cc2)C1.[HH]. The molecule has 2 aliphatic rings. The predicted octanol–water partition coefficient (Wildman–Crippen LogP) is 5.89. The second-order valence-corrected chi connectivity index (χ2v) is 9.99. The number of amides is 2. The molecule has 1 aromatic carbocycles. The summed E-state index contributed by atoms with van der Waals surface area (Å²) < 4.78 is 5.88. The highest BCUT2D eigenvalue weighted by Crippen LogP contribution is 2.26. The van der Waals surface area contributed by atoms with Crippen molar-refractivity contribution in [3.8, 4) is 11.9 Å². The number of rotatable bonds is 10. The normalized spacial score (nSPS) is 18.7. The van der Waals surface area contributed by atoms with Crippen molar-refractivity contribution in [1.82, 2.24) is 9.88 Å². The zero-order chi connectivity index (χ0) is 25.3. The zero-order valence-electron chi connectivity index (χ0n) is 21.4. The van der Waals surface area contributed by atoms with Crippen molar-refractivity contribution in [2.75, 3.05) is 35.7 Å². The van der Waals surface area contributed by atoms with E-state index in [0.29, 0.717) is 30.1 Å². The summed E-state index contributed by atoms with van der Waals surface area (Å²) >= 11 is 0. The van der Waals surface area contributed by atoms with Crippen molar-refractivity contribution < 1.29 is 11.0 Å². The molecule has 1 aliphatic heterocycles. The fraction of sp³-hybridized carbons (Fsp3) is 0.536. The first-order chi connectivity index (χ1) is 17.5. The Hall–Kier alpha value is -3.31. The molecule has 2 N–H and O–H groups in total. The minimum Gasteiger partial charge on any atom is -0.474 e. The highest BCUT2D eigenvalue weighted by Gasteiger charge is 2.28. The second-order valence-electron chi connectivity index (χ2n) is 9.99. The summed E-state index contributed by atoms with van der Waals surface area (Å²) in [4.78, 5) is 21.6. The van der Waals surface area contributed by atoms with Gasteiger partial charge in [0.25, 0.3) is 0 Å². The molecule has 2 atom stereocenters. The molecule has 194 valence electrons. The minimum atomic E-state index is -0.303. The fourth-order valence-electron chi connectivity index (χ4n) is 5.10. The van der Waals surface area contributed by atoms with E-state index in [0.717, 1.165) is 56.6 Å². The molecule has 8 heteroatoms. The number of nitrogens with zero attached hydrogens (tertiary/aromatic N) is 4. The van der Waals surface area contributed by atoms with E-state index in [9.17, 15) is 4.79 Å². The van der Waals surface area contributed by atoms with Crippen LogP contribution in [0.4, 0.5) is 21.9 Å². The Morgan fingerprint density at radius 3 is 2.61 bits per heavy atom. The summed E-state index contributed by atoms with van der Waals surface area (Å²) in [6, 6.07) is 14.5. The smallest absolute Gasteiger partial charge is 0.323 e. The minimum absolute atomic E-state index is 0. The molecule has 2 aromatic rings. The number of carbonyl (C=O) groups excluding carboxylic acids is 1. The summed E-state index contributed by atoms with van der Waals surface area (Å²) in [6.07, 6.45) is 10.2. The van der Waals surface area contributed by atoms with Gasteiger partial charge in [-0.15, -0.1) is 0 Å². The first-order valence-corrected chi connectivity index (χ1v) is 13.2. The fourth-order valence-corrected chi connectivity index (χ4v) is 5.10. The average Bonchev–Trinajstić information content (AvgIpc) is 3.58. The van der Waals surface area contributed by atoms with Gasteiger partial charge in [0.2, 0.25) is 5.88 Å². The van der Waals surface area contributed by atoms with Gasteiger partial charge in [0.05, 0.1) is 18.0 Å². The van der Waals surface area contributed by atoms with Gasteiger partial charge in [-0.1, -0.05) is 0 Å². The third-order valence-electron chi connectivity index (χ3n) is 7.42. The number of urea groups is 1.